The number of benzene rings is 1. The van der Waals surface area contributed by atoms with Crippen LogP contribution < -0.4 is 10.2 Å². The summed E-state index contributed by atoms with van der Waals surface area (Å²) < 4.78 is 0. The van der Waals surface area contributed by atoms with E-state index in [2.05, 4.69) is 43.1 Å². The number of anilines is 1. The van der Waals surface area contributed by atoms with Gasteiger partial charge in [-0.3, -0.25) is 4.79 Å². The largest absolute Gasteiger partial charge is 0.355 e. The fourth-order valence-electron chi connectivity index (χ4n) is 3.25. The van der Waals surface area contributed by atoms with Crippen LogP contribution in [-0.4, -0.2) is 35.0 Å². The molecular formula is C22H32N4O. The Morgan fingerprint density at radius 2 is 1.96 bits per heavy atom. The predicted molar refractivity (Wildman–Crippen MR) is 111 cm³/mol. The summed E-state index contributed by atoms with van der Waals surface area (Å²) in [7, 11) is 0. The molecule has 1 atom stereocenters. The molecule has 0 bridgehead atoms. The van der Waals surface area contributed by atoms with Gasteiger partial charge < -0.3 is 10.2 Å². The maximum absolute atomic E-state index is 12.3. The third-order valence-electron chi connectivity index (χ3n) is 5.06. The minimum Gasteiger partial charge on any atom is -0.355 e. The van der Waals surface area contributed by atoms with Gasteiger partial charge in [-0.1, -0.05) is 32.9 Å². The van der Waals surface area contributed by atoms with Crippen LogP contribution in [0.25, 0.3) is 10.9 Å². The third-order valence-corrected chi connectivity index (χ3v) is 5.06. The maximum Gasteiger partial charge on any atom is 0.221 e. The van der Waals surface area contributed by atoms with Gasteiger partial charge in [0.1, 0.15) is 11.6 Å². The number of hydrogen-bond donors (Lipinski definition) is 1. The van der Waals surface area contributed by atoms with Crippen LogP contribution in [0.2, 0.25) is 0 Å². The Bertz CT molecular complexity index is 785. The van der Waals surface area contributed by atoms with Gasteiger partial charge in [-0.2, -0.15) is 0 Å². The summed E-state index contributed by atoms with van der Waals surface area (Å²) in [6, 6.07) is 8.44. The van der Waals surface area contributed by atoms with Crippen LogP contribution >= 0.6 is 0 Å². The second-order valence-electron chi connectivity index (χ2n) is 8.16. The molecule has 1 heterocycles. The average Bonchev–Trinajstić information content (AvgIpc) is 3.49. The van der Waals surface area contributed by atoms with Gasteiger partial charge in [-0.15, -0.1) is 0 Å². The minimum absolute atomic E-state index is 0.110. The summed E-state index contributed by atoms with van der Waals surface area (Å²) >= 11 is 0. The highest BCUT2D eigenvalue weighted by Gasteiger charge is 2.28. The number of para-hydroxylation sites is 1. The van der Waals surface area contributed by atoms with Gasteiger partial charge in [-0.05, 0) is 44.2 Å². The molecule has 27 heavy (non-hydrogen) atoms. The number of hydrogen-bond acceptors (Lipinski definition) is 4. The summed E-state index contributed by atoms with van der Waals surface area (Å²) in [5.74, 6) is 3.04. The third kappa shape index (κ3) is 5.18. The summed E-state index contributed by atoms with van der Waals surface area (Å²) in [6.45, 7) is 10.1. The molecule has 0 spiro atoms. The maximum atomic E-state index is 12.3. The Labute approximate surface area is 162 Å². The monoisotopic (exact) mass is 368 g/mol. The Morgan fingerprint density at radius 1 is 1.22 bits per heavy atom. The fourth-order valence-corrected chi connectivity index (χ4v) is 3.25. The van der Waals surface area contributed by atoms with E-state index >= 15 is 0 Å². The molecule has 0 aliphatic heterocycles. The van der Waals surface area contributed by atoms with Crippen LogP contribution in [0.3, 0.4) is 0 Å². The van der Waals surface area contributed by atoms with E-state index in [9.17, 15) is 4.79 Å². The van der Waals surface area contributed by atoms with Crippen molar-refractivity contribution in [2.75, 3.05) is 18.0 Å². The highest BCUT2D eigenvalue weighted by Crippen LogP contribution is 2.39. The van der Waals surface area contributed by atoms with Crippen LogP contribution in [0.5, 0.6) is 0 Å². The first-order valence-corrected chi connectivity index (χ1v) is 10.3. The lowest BCUT2D eigenvalue weighted by molar-refractivity contribution is -0.121. The van der Waals surface area contributed by atoms with Gasteiger partial charge in [0.15, 0.2) is 0 Å². The van der Waals surface area contributed by atoms with E-state index in [0.29, 0.717) is 24.8 Å². The number of nitrogens with one attached hydrogen (secondary N) is 1. The quantitative estimate of drug-likeness (QED) is 0.718. The zero-order valence-electron chi connectivity index (χ0n) is 17.0. The van der Waals surface area contributed by atoms with E-state index in [1.54, 1.807) is 0 Å². The molecule has 0 saturated heterocycles. The molecule has 1 aromatic carbocycles. The van der Waals surface area contributed by atoms with Crippen LogP contribution in [0.15, 0.2) is 24.3 Å². The first-order chi connectivity index (χ1) is 13.0. The van der Waals surface area contributed by atoms with Gasteiger partial charge in [-0.25, -0.2) is 9.97 Å². The smallest absolute Gasteiger partial charge is 0.221 e. The normalized spacial score (nSPS) is 15.1. The Morgan fingerprint density at radius 3 is 2.63 bits per heavy atom. The number of nitrogens with zero attached hydrogens (tertiary/aromatic N) is 3. The SMILES string of the molecule is CC[C@@H](C)NC(=O)CCN(CC(C)C)c1nc(C2CC2)nc2ccccc12. The van der Waals surface area contributed by atoms with Gasteiger partial charge >= 0.3 is 0 Å². The number of fused-ring (bicyclic) bond motifs is 1. The van der Waals surface area contributed by atoms with E-state index in [-0.39, 0.29) is 11.9 Å². The zero-order valence-corrected chi connectivity index (χ0v) is 17.0. The molecule has 1 fully saturated rings. The first-order valence-electron chi connectivity index (χ1n) is 10.3. The standard InChI is InChI=1S/C22H32N4O/c1-5-16(4)23-20(27)12-13-26(14-15(2)3)22-18-8-6-7-9-19(18)24-21(25-22)17-10-11-17/h6-9,15-17H,5,10-14H2,1-4H3,(H,23,27)/t16-/m1/s1. The lowest BCUT2D eigenvalue weighted by Gasteiger charge is -2.27. The molecule has 1 saturated carbocycles. The van der Waals surface area contributed by atoms with E-state index < -0.39 is 0 Å². The second-order valence-corrected chi connectivity index (χ2v) is 8.16. The molecule has 5 heteroatoms. The Balaban J connectivity index is 1.86. The highest BCUT2D eigenvalue weighted by molar-refractivity contribution is 5.90. The van der Waals surface area contributed by atoms with Crippen LogP contribution in [0.4, 0.5) is 5.82 Å². The van der Waals surface area contributed by atoms with E-state index in [0.717, 1.165) is 35.5 Å². The Kier molecular flexibility index (Phi) is 6.30. The van der Waals surface area contributed by atoms with Crippen LogP contribution in [0.1, 0.15) is 65.1 Å². The molecule has 146 valence electrons. The molecule has 0 radical (unpaired) electrons. The van der Waals surface area contributed by atoms with Crippen molar-refractivity contribution in [2.24, 2.45) is 5.92 Å². The molecule has 1 amide bonds. The topological polar surface area (TPSA) is 58.1 Å². The van der Waals surface area contributed by atoms with E-state index in [1.807, 2.05) is 19.1 Å². The van der Waals surface area contributed by atoms with Crippen molar-refractivity contribution in [3.63, 3.8) is 0 Å². The first kappa shape index (κ1) is 19.6. The van der Waals surface area contributed by atoms with Gasteiger partial charge in [0, 0.05) is 36.9 Å². The van der Waals surface area contributed by atoms with Gasteiger partial charge in [0.2, 0.25) is 5.91 Å². The number of carbonyl (C=O) groups excluding carboxylic acids is 1. The summed E-state index contributed by atoms with van der Waals surface area (Å²) in [6.07, 6.45) is 3.79. The molecule has 3 rings (SSSR count). The van der Waals surface area contributed by atoms with Crippen molar-refractivity contribution in [1.82, 2.24) is 15.3 Å². The van der Waals surface area contributed by atoms with E-state index in [4.69, 9.17) is 9.97 Å². The van der Waals surface area contributed by atoms with Crippen molar-refractivity contribution in [1.29, 1.82) is 0 Å². The second kappa shape index (κ2) is 8.68. The molecular weight excluding hydrogens is 336 g/mol. The lowest BCUT2D eigenvalue weighted by Crippen LogP contribution is -2.37. The minimum atomic E-state index is 0.110. The van der Waals surface area contributed by atoms with Crippen molar-refractivity contribution < 1.29 is 4.79 Å². The molecule has 1 N–H and O–H groups in total. The lowest BCUT2D eigenvalue weighted by atomic mass is 10.1. The number of carbonyl (C=O) groups is 1. The van der Waals surface area contributed by atoms with Crippen molar-refractivity contribution in [3.05, 3.63) is 30.1 Å². The molecule has 2 aromatic rings. The molecule has 0 unspecified atom stereocenters. The van der Waals surface area contributed by atoms with Crippen molar-refractivity contribution in [2.45, 2.75) is 65.3 Å². The number of rotatable bonds is 9. The number of aromatic nitrogens is 2. The van der Waals surface area contributed by atoms with Crippen molar-refractivity contribution >= 4 is 22.6 Å². The summed E-state index contributed by atoms with van der Waals surface area (Å²) in [5.41, 5.74) is 1.00. The highest BCUT2D eigenvalue weighted by atomic mass is 16.1. The average molecular weight is 369 g/mol. The van der Waals surface area contributed by atoms with Crippen LogP contribution in [0, 0.1) is 5.92 Å². The molecule has 1 aromatic heterocycles. The predicted octanol–water partition coefficient (Wildman–Crippen LogP) is 4.27. The summed E-state index contributed by atoms with van der Waals surface area (Å²) in [5, 5.41) is 4.14. The molecule has 1 aliphatic rings. The molecule has 1 aliphatic carbocycles. The molecule has 5 nitrogen and oxygen atoms in total. The number of amides is 1. The van der Waals surface area contributed by atoms with E-state index in [1.165, 1.54) is 12.8 Å². The Hall–Kier alpha value is -2.17. The van der Waals surface area contributed by atoms with Gasteiger partial charge in [0.05, 0.1) is 5.52 Å². The zero-order chi connectivity index (χ0) is 19.4. The summed E-state index contributed by atoms with van der Waals surface area (Å²) in [4.78, 5) is 24.3. The van der Waals surface area contributed by atoms with Gasteiger partial charge in [0.25, 0.3) is 0 Å². The fraction of sp³-hybridized carbons (Fsp3) is 0.591. The van der Waals surface area contributed by atoms with Crippen molar-refractivity contribution in [3.8, 4) is 0 Å². The van der Waals surface area contributed by atoms with Crippen LogP contribution in [-0.2, 0) is 4.79 Å².